The highest BCUT2D eigenvalue weighted by Gasteiger charge is 2.00. The van der Waals surface area contributed by atoms with E-state index in [9.17, 15) is 4.79 Å². The van der Waals surface area contributed by atoms with Gasteiger partial charge in [0, 0.05) is 13.7 Å². The Balaban J connectivity index is 3.11. The Bertz CT molecular complexity index is 162. The van der Waals surface area contributed by atoms with Gasteiger partial charge in [0.25, 0.3) is 0 Å². The van der Waals surface area contributed by atoms with Gasteiger partial charge in [0.15, 0.2) is 0 Å². The van der Waals surface area contributed by atoms with Crippen LogP contribution < -0.4 is 5.32 Å². The van der Waals surface area contributed by atoms with Crippen LogP contribution in [0.3, 0.4) is 0 Å². The van der Waals surface area contributed by atoms with Crippen molar-refractivity contribution < 1.29 is 14.3 Å². The third kappa shape index (κ3) is 11.5. The first kappa shape index (κ1) is 15.4. The number of rotatable bonds is 11. The van der Waals surface area contributed by atoms with Gasteiger partial charge in [0.05, 0.1) is 19.8 Å². The van der Waals surface area contributed by atoms with Gasteiger partial charge in [0.2, 0.25) is 0 Å². The van der Waals surface area contributed by atoms with Crippen molar-refractivity contribution in [1.29, 1.82) is 0 Å². The molecule has 0 saturated carbocycles. The third-order valence-electron chi connectivity index (χ3n) is 2.26. The van der Waals surface area contributed by atoms with E-state index in [0.29, 0.717) is 19.8 Å². The van der Waals surface area contributed by atoms with Crippen LogP contribution in [0.25, 0.3) is 0 Å². The van der Waals surface area contributed by atoms with E-state index in [1.165, 1.54) is 19.3 Å². The first-order chi connectivity index (χ1) is 7.81. The smallest absolute Gasteiger partial charge is 0.319 e. The maximum absolute atomic E-state index is 11.2. The van der Waals surface area contributed by atoms with Gasteiger partial charge in [-0.2, -0.15) is 0 Å². The average Bonchev–Trinajstić information content (AvgIpc) is 2.29. The minimum absolute atomic E-state index is 0.174. The van der Waals surface area contributed by atoms with Crippen LogP contribution in [0, 0.1) is 0 Å². The predicted molar refractivity (Wildman–Crippen MR) is 64.5 cm³/mol. The Morgan fingerprint density at radius 2 is 1.88 bits per heavy atom. The fraction of sp³-hybridized carbons (Fsp3) is 0.917. The van der Waals surface area contributed by atoms with E-state index in [0.717, 1.165) is 12.8 Å². The third-order valence-corrected chi connectivity index (χ3v) is 2.26. The molecule has 0 aliphatic carbocycles. The van der Waals surface area contributed by atoms with E-state index in [1.54, 1.807) is 7.11 Å². The van der Waals surface area contributed by atoms with E-state index in [-0.39, 0.29) is 12.5 Å². The number of esters is 1. The van der Waals surface area contributed by atoms with Crippen molar-refractivity contribution in [1.82, 2.24) is 5.32 Å². The molecule has 0 rings (SSSR count). The number of methoxy groups -OCH3 is 1. The fourth-order valence-electron chi connectivity index (χ4n) is 1.31. The molecule has 0 spiro atoms. The Morgan fingerprint density at radius 3 is 2.56 bits per heavy atom. The standard InChI is InChI=1S/C12H25NO3/c1-3-4-5-6-7-9-16-12(14)11-13-8-10-15-2/h13H,3-11H2,1-2H3. The van der Waals surface area contributed by atoms with Crippen molar-refractivity contribution in [3.05, 3.63) is 0 Å². The molecule has 0 aromatic rings. The summed E-state index contributed by atoms with van der Waals surface area (Å²) >= 11 is 0. The van der Waals surface area contributed by atoms with Crippen LogP contribution in [-0.2, 0) is 14.3 Å². The number of carbonyl (C=O) groups excluding carboxylic acids is 1. The molecule has 0 aromatic heterocycles. The SMILES string of the molecule is CCCCCCCOC(=O)CNCCOC. The molecule has 0 fully saturated rings. The summed E-state index contributed by atoms with van der Waals surface area (Å²) in [5.74, 6) is -0.174. The Kier molecular flexibility index (Phi) is 12.0. The molecule has 0 saturated heterocycles. The molecule has 4 heteroatoms. The number of ether oxygens (including phenoxy) is 2. The highest BCUT2D eigenvalue weighted by atomic mass is 16.5. The quantitative estimate of drug-likeness (QED) is 0.434. The molecule has 0 aliphatic rings. The van der Waals surface area contributed by atoms with Gasteiger partial charge in [-0.25, -0.2) is 0 Å². The highest BCUT2D eigenvalue weighted by Crippen LogP contribution is 2.02. The highest BCUT2D eigenvalue weighted by molar-refractivity contribution is 5.71. The summed E-state index contributed by atoms with van der Waals surface area (Å²) in [4.78, 5) is 11.2. The zero-order valence-electron chi connectivity index (χ0n) is 10.6. The summed E-state index contributed by atoms with van der Waals surface area (Å²) in [6.07, 6.45) is 5.87. The average molecular weight is 231 g/mol. The molecule has 0 unspecified atom stereocenters. The topological polar surface area (TPSA) is 47.6 Å². The molecule has 0 aliphatic heterocycles. The van der Waals surface area contributed by atoms with Gasteiger partial charge >= 0.3 is 5.97 Å². The fourth-order valence-corrected chi connectivity index (χ4v) is 1.31. The lowest BCUT2D eigenvalue weighted by Crippen LogP contribution is -2.27. The van der Waals surface area contributed by atoms with Crippen molar-refractivity contribution in [2.24, 2.45) is 0 Å². The van der Waals surface area contributed by atoms with Crippen molar-refractivity contribution in [2.45, 2.75) is 39.0 Å². The maximum Gasteiger partial charge on any atom is 0.319 e. The molecular weight excluding hydrogens is 206 g/mol. The zero-order chi connectivity index (χ0) is 12.1. The summed E-state index contributed by atoms with van der Waals surface area (Å²) in [6, 6.07) is 0. The van der Waals surface area contributed by atoms with Gasteiger partial charge in [-0.15, -0.1) is 0 Å². The summed E-state index contributed by atoms with van der Waals surface area (Å²) < 4.78 is 9.91. The molecular formula is C12H25NO3. The molecule has 0 amide bonds. The van der Waals surface area contributed by atoms with Crippen LogP contribution in [0.1, 0.15) is 39.0 Å². The van der Waals surface area contributed by atoms with Crippen LogP contribution in [0.2, 0.25) is 0 Å². The van der Waals surface area contributed by atoms with Gasteiger partial charge in [-0.1, -0.05) is 32.6 Å². The molecule has 0 radical (unpaired) electrons. The first-order valence-electron chi connectivity index (χ1n) is 6.16. The number of carbonyl (C=O) groups is 1. The van der Waals surface area contributed by atoms with Crippen molar-refractivity contribution >= 4 is 5.97 Å². The molecule has 16 heavy (non-hydrogen) atoms. The van der Waals surface area contributed by atoms with Crippen LogP contribution >= 0.6 is 0 Å². The molecule has 0 bridgehead atoms. The molecule has 0 aromatic carbocycles. The Hall–Kier alpha value is -0.610. The summed E-state index contributed by atoms with van der Waals surface area (Å²) in [7, 11) is 1.64. The maximum atomic E-state index is 11.2. The number of hydrogen-bond acceptors (Lipinski definition) is 4. The van der Waals surface area contributed by atoms with Gasteiger partial charge in [-0.05, 0) is 6.42 Å². The monoisotopic (exact) mass is 231 g/mol. The molecule has 0 heterocycles. The summed E-state index contributed by atoms with van der Waals surface area (Å²) in [5.41, 5.74) is 0. The lowest BCUT2D eigenvalue weighted by atomic mass is 10.2. The largest absolute Gasteiger partial charge is 0.465 e. The predicted octanol–water partition coefficient (Wildman–Crippen LogP) is 1.74. The second-order valence-electron chi connectivity index (χ2n) is 3.80. The van der Waals surface area contributed by atoms with Crippen LogP contribution in [-0.4, -0.2) is 39.4 Å². The molecule has 0 atom stereocenters. The number of hydrogen-bond donors (Lipinski definition) is 1. The Labute approximate surface area is 98.7 Å². The molecule has 96 valence electrons. The van der Waals surface area contributed by atoms with Gasteiger partial charge in [0.1, 0.15) is 0 Å². The van der Waals surface area contributed by atoms with Crippen LogP contribution in [0.15, 0.2) is 0 Å². The zero-order valence-corrected chi connectivity index (χ0v) is 10.6. The molecule has 4 nitrogen and oxygen atoms in total. The number of nitrogens with one attached hydrogen (secondary N) is 1. The van der Waals surface area contributed by atoms with E-state index in [1.807, 2.05) is 0 Å². The van der Waals surface area contributed by atoms with Gasteiger partial charge < -0.3 is 14.8 Å². The van der Waals surface area contributed by atoms with Gasteiger partial charge in [-0.3, -0.25) is 4.79 Å². The van der Waals surface area contributed by atoms with E-state index < -0.39 is 0 Å². The first-order valence-corrected chi connectivity index (χ1v) is 6.16. The normalized spacial score (nSPS) is 10.4. The second-order valence-corrected chi connectivity index (χ2v) is 3.80. The summed E-state index contributed by atoms with van der Waals surface area (Å²) in [6.45, 7) is 4.31. The second kappa shape index (κ2) is 12.5. The Morgan fingerprint density at radius 1 is 1.12 bits per heavy atom. The minimum Gasteiger partial charge on any atom is -0.465 e. The van der Waals surface area contributed by atoms with E-state index in [2.05, 4.69) is 12.2 Å². The van der Waals surface area contributed by atoms with E-state index in [4.69, 9.17) is 9.47 Å². The number of unbranched alkanes of at least 4 members (excludes halogenated alkanes) is 4. The summed E-state index contributed by atoms with van der Waals surface area (Å²) in [5, 5.41) is 2.95. The van der Waals surface area contributed by atoms with Crippen molar-refractivity contribution in [3.8, 4) is 0 Å². The van der Waals surface area contributed by atoms with Crippen molar-refractivity contribution in [2.75, 3.05) is 33.4 Å². The lowest BCUT2D eigenvalue weighted by molar-refractivity contribution is -0.142. The van der Waals surface area contributed by atoms with Crippen LogP contribution in [0.4, 0.5) is 0 Å². The minimum atomic E-state index is -0.174. The van der Waals surface area contributed by atoms with Crippen molar-refractivity contribution in [3.63, 3.8) is 0 Å². The van der Waals surface area contributed by atoms with Crippen LogP contribution in [0.5, 0.6) is 0 Å². The molecule has 1 N–H and O–H groups in total. The lowest BCUT2D eigenvalue weighted by Gasteiger charge is -2.05. The van der Waals surface area contributed by atoms with E-state index >= 15 is 0 Å².